The summed E-state index contributed by atoms with van der Waals surface area (Å²) >= 11 is 0. The maximum absolute atomic E-state index is 15.7. The lowest BCUT2D eigenvalue weighted by Gasteiger charge is -2.39. The second-order valence-electron chi connectivity index (χ2n) is 12.4. The fourth-order valence-electron chi connectivity index (χ4n) is 8.47. The van der Waals surface area contributed by atoms with Gasteiger partial charge in [0, 0.05) is 26.7 Å². The van der Waals surface area contributed by atoms with E-state index in [4.69, 9.17) is 0 Å². The molecule has 0 amide bonds. The lowest BCUT2D eigenvalue weighted by Crippen LogP contribution is -2.34. The van der Waals surface area contributed by atoms with Crippen molar-refractivity contribution < 1.29 is 4.57 Å². The Morgan fingerprint density at radius 2 is 1.02 bits per heavy atom. The standard InChI is InChI=1S/C43H28NOP/c45-46(29-14-3-1-4-15-29,30-16-5-2-6-17-30)31-26-27-33-32-18-7-9-21-36(32)43(39(33)28-31)37-22-10-12-25-41(37)44-40-24-11-8-19-34(40)35-20-13-23-38(43)42(35)44/h1-28H. The van der Waals surface area contributed by atoms with Crippen LogP contribution < -0.4 is 15.9 Å². The van der Waals surface area contributed by atoms with Crippen LogP contribution in [0.4, 0.5) is 0 Å². The molecule has 46 heavy (non-hydrogen) atoms. The van der Waals surface area contributed by atoms with Gasteiger partial charge in [0.2, 0.25) is 0 Å². The van der Waals surface area contributed by atoms with Crippen LogP contribution in [-0.2, 0) is 9.98 Å². The highest BCUT2D eigenvalue weighted by molar-refractivity contribution is 7.85. The smallest absolute Gasteiger partial charge is 0.171 e. The average molecular weight is 606 g/mol. The maximum Gasteiger partial charge on any atom is 0.171 e. The predicted octanol–water partition coefficient (Wildman–Crippen LogP) is 9.10. The van der Waals surface area contributed by atoms with Gasteiger partial charge in [0.05, 0.1) is 22.1 Å². The summed E-state index contributed by atoms with van der Waals surface area (Å²) < 4.78 is 18.2. The summed E-state index contributed by atoms with van der Waals surface area (Å²) in [5.41, 5.74) is 10.5. The van der Waals surface area contributed by atoms with Gasteiger partial charge in [-0.25, -0.2) is 0 Å². The molecular formula is C43H28NOP. The molecule has 1 aliphatic carbocycles. The summed E-state index contributed by atoms with van der Waals surface area (Å²) in [6, 6.07) is 59.9. The van der Waals surface area contributed by atoms with E-state index in [1.807, 2.05) is 60.7 Å². The molecule has 0 radical (unpaired) electrons. The van der Waals surface area contributed by atoms with E-state index in [1.165, 1.54) is 60.9 Å². The first kappa shape index (κ1) is 25.9. The third kappa shape index (κ3) is 3.10. The van der Waals surface area contributed by atoms with E-state index < -0.39 is 12.6 Å². The Labute approximate surface area is 267 Å². The number of nitrogens with zero attached hydrogens (tertiary/aromatic N) is 1. The van der Waals surface area contributed by atoms with Crippen LogP contribution in [0, 0.1) is 0 Å². The van der Waals surface area contributed by atoms with Gasteiger partial charge in [-0.15, -0.1) is 0 Å². The number of aromatic nitrogens is 1. The first-order chi connectivity index (χ1) is 22.7. The number of rotatable bonds is 3. The normalized spacial score (nSPS) is 16.0. The van der Waals surface area contributed by atoms with Crippen molar-refractivity contribution in [2.75, 3.05) is 0 Å². The maximum atomic E-state index is 15.7. The zero-order valence-corrected chi connectivity index (χ0v) is 25.9. The molecule has 1 unspecified atom stereocenters. The van der Waals surface area contributed by atoms with Crippen LogP contribution in [0.1, 0.15) is 22.3 Å². The zero-order chi connectivity index (χ0) is 30.5. The summed E-state index contributed by atoms with van der Waals surface area (Å²) in [5, 5.41) is 5.05. The fraction of sp³-hybridized carbons (Fsp3) is 0.0233. The summed E-state index contributed by atoms with van der Waals surface area (Å²) in [5.74, 6) is 0. The highest BCUT2D eigenvalue weighted by Crippen LogP contribution is 2.61. The number of hydrogen-bond acceptors (Lipinski definition) is 1. The minimum Gasteiger partial charge on any atom is -0.309 e. The van der Waals surface area contributed by atoms with Crippen molar-refractivity contribution in [2.24, 2.45) is 0 Å². The van der Waals surface area contributed by atoms with E-state index in [0.29, 0.717) is 0 Å². The van der Waals surface area contributed by atoms with Crippen LogP contribution in [0.3, 0.4) is 0 Å². The summed E-state index contributed by atoms with van der Waals surface area (Å²) in [6.07, 6.45) is 0. The van der Waals surface area contributed by atoms with Gasteiger partial charge in [0.1, 0.15) is 0 Å². The van der Waals surface area contributed by atoms with Crippen LogP contribution in [-0.4, -0.2) is 4.57 Å². The molecule has 7 aromatic carbocycles. The van der Waals surface area contributed by atoms with E-state index in [-0.39, 0.29) is 0 Å². The molecule has 2 heterocycles. The van der Waals surface area contributed by atoms with E-state index in [9.17, 15) is 0 Å². The van der Waals surface area contributed by atoms with Gasteiger partial charge in [0.15, 0.2) is 7.14 Å². The topological polar surface area (TPSA) is 22.0 Å². The predicted molar refractivity (Wildman–Crippen MR) is 191 cm³/mol. The highest BCUT2D eigenvalue weighted by Gasteiger charge is 2.51. The lowest BCUT2D eigenvalue weighted by atomic mass is 9.65. The Kier molecular flexibility index (Phi) is 5.23. The van der Waals surface area contributed by atoms with E-state index >= 15 is 4.57 Å². The SMILES string of the molecule is O=P(c1ccccc1)(c1ccccc1)c1ccc2c(c1)C1(c3ccccc3-2)c2ccccc2-n2c3ccccc3c3cccc1c32. The number of fused-ring (bicyclic) bond motifs is 12. The minimum atomic E-state index is -3.21. The summed E-state index contributed by atoms with van der Waals surface area (Å²) in [6.45, 7) is 0. The molecule has 2 aliphatic rings. The zero-order valence-electron chi connectivity index (χ0n) is 25.0. The molecule has 0 saturated heterocycles. The minimum absolute atomic E-state index is 0.583. The molecule has 1 aromatic heterocycles. The Morgan fingerprint density at radius 3 is 1.80 bits per heavy atom. The Morgan fingerprint density at radius 1 is 0.435 bits per heavy atom. The van der Waals surface area contributed by atoms with Gasteiger partial charge < -0.3 is 9.13 Å². The molecule has 1 atom stereocenters. The van der Waals surface area contributed by atoms with Gasteiger partial charge in [-0.05, 0) is 51.6 Å². The van der Waals surface area contributed by atoms with Crippen LogP contribution >= 0.6 is 7.14 Å². The van der Waals surface area contributed by atoms with Crippen molar-refractivity contribution >= 4 is 44.9 Å². The Hall–Kier alpha value is -5.43. The quantitative estimate of drug-likeness (QED) is 0.184. The third-order valence-electron chi connectivity index (χ3n) is 10.3. The average Bonchev–Trinajstić information content (AvgIpc) is 3.62. The Bertz CT molecular complexity index is 2520. The third-order valence-corrected chi connectivity index (χ3v) is 13.3. The van der Waals surface area contributed by atoms with Crippen LogP contribution in [0.2, 0.25) is 0 Å². The van der Waals surface area contributed by atoms with Crippen molar-refractivity contribution in [1.82, 2.24) is 4.57 Å². The molecule has 3 heteroatoms. The van der Waals surface area contributed by atoms with Crippen LogP contribution in [0.5, 0.6) is 0 Å². The van der Waals surface area contributed by atoms with Gasteiger partial charge in [-0.3, -0.25) is 0 Å². The molecule has 2 nitrogen and oxygen atoms in total. The summed E-state index contributed by atoms with van der Waals surface area (Å²) in [4.78, 5) is 0. The molecule has 0 N–H and O–H groups in total. The van der Waals surface area contributed by atoms with Crippen molar-refractivity contribution in [3.63, 3.8) is 0 Å². The van der Waals surface area contributed by atoms with Crippen molar-refractivity contribution in [1.29, 1.82) is 0 Å². The second-order valence-corrected chi connectivity index (χ2v) is 15.1. The van der Waals surface area contributed by atoms with Gasteiger partial charge in [-0.1, -0.05) is 152 Å². The first-order valence-electron chi connectivity index (χ1n) is 15.8. The highest BCUT2D eigenvalue weighted by atomic mass is 31.2. The van der Waals surface area contributed by atoms with Crippen LogP contribution in [0.15, 0.2) is 170 Å². The molecule has 0 fully saturated rings. The monoisotopic (exact) mass is 605 g/mol. The molecule has 0 bridgehead atoms. The first-order valence-corrected chi connectivity index (χ1v) is 17.5. The van der Waals surface area contributed by atoms with Crippen molar-refractivity contribution in [3.05, 3.63) is 192 Å². The lowest BCUT2D eigenvalue weighted by molar-refractivity contribution is 0.592. The molecule has 10 rings (SSSR count). The largest absolute Gasteiger partial charge is 0.309 e. The fourth-order valence-corrected chi connectivity index (χ4v) is 11.1. The van der Waals surface area contributed by atoms with Gasteiger partial charge >= 0.3 is 0 Å². The molecule has 8 aromatic rings. The second kappa shape index (κ2) is 9.30. The van der Waals surface area contributed by atoms with Gasteiger partial charge in [0.25, 0.3) is 0 Å². The molecule has 1 spiro atoms. The molecule has 216 valence electrons. The molecule has 1 aliphatic heterocycles. The van der Waals surface area contributed by atoms with Gasteiger partial charge in [-0.2, -0.15) is 0 Å². The van der Waals surface area contributed by atoms with Crippen molar-refractivity contribution in [2.45, 2.75) is 5.41 Å². The molecular weight excluding hydrogens is 577 g/mol. The van der Waals surface area contributed by atoms with Crippen molar-refractivity contribution in [3.8, 4) is 16.8 Å². The number of para-hydroxylation sites is 3. The Balaban J connectivity index is 1.38. The number of hydrogen-bond donors (Lipinski definition) is 0. The molecule has 0 saturated carbocycles. The van der Waals surface area contributed by atoms with Crippen LogP contribution in [0.25, 0.3) is 38.6 Å². The summed E-state index contributed by atoms with van der Waals surface area (Å²) in [7, 11) is -3.21. The van der Waals surface area contributed by atoms with E-state index in [0.717, 1.165) is 15.9 Å². The van der Waals surface area contributed by atoms with E-state index in [1.54, 1.807) is 0 Å². The number of benzene rings is 7. The van der Waals surface area contributed by atoms with E-state index in [2.05, 4.69) is 114 Å².